The average Bonchev–Trinajstić information content (AvgIpc) is 2.32. The highest BCUT2D eigenvalue weighted by Gasteiger charge is 2.19. The predicted molar refractivity (Wildman–Crippen MR) is 73.6 cm³/mol. The van der Waals surface area contributed by atoms with Crippen LogP contribution in [0.15, 0.2) is 0 Å². The van der Waals surface area contributed by atoms with E-state index in [0.717, 1.165) is 0 Å². The maximum absolute atomic E-state index is 11.7. The van der Waals surface area contributed by atoms with Gasteiger partial charge in [0, 0.05) is 13.0 Å². The third-order valence-corrected chi connectivity index (χ3v) is 4.01. The first-order chi connectivity index (χ1) is 9.16. The van der Waals surface area contributed by atoms with E-state index in [1.54, 1.807) is 0 Å². The number of rotatable bonds is 10. The molecular formula is C12H23NO6S. The zero-order chi connectivity index (χ0) is 15.8. The molecule has 7 nitrogen and oxygen atoms in total. The average molecular weight is 309 g/mol. The van der Waals surface area contributed by atoms with E-state index in [4.69, 9.17) is 5.11 Å². The summed E-state index contributed by atoms with van der Waals surface area (Å²) in [6.45, 7) is 3.95. The number of hydrogen-bond acceptors (Lipinski definition) is 5. The van der Waals surface area contributed by atoms with Crippen molar-refractivity contribution in [3.63, 3.8) is 0 Å². The number of carbonyl (C=O) groups is 2. The minimum Gasteiger partial charge on any atom is -0.481 e. The Bertz CT molecular complexity index is 418. The Balaban J connectivity index is 4.36. The quantitative estimate of drug-likeness (QED) is 0.572. The maximum Gasteiger partial charge on any atom is 0.306 e. The summed E-state index contributed by atoms with van der Waals surface area (Å²) in [4.78, 5) is 21.6. The van der Waals surface area contributed by atoms with Crippen LogP contribution in [-0.2, 0) is 24.3 Å². The van der Waals surface area contributed by atoms with Crippen molar-refractivity contribution in [2.24, 2.45) is 11.8 Å². The normalized spacial score (nSPS) is 13.2. The third kappa shape index (κ3) is 9.74. The van der Waals surface area contributed by atoms with Crippen LogP contribution in [0.1, 0.15) is 33.1 Å². The lowest BCUT2D eigenvalue weighted by Gasteiger charge is -2.17. The highest BCUT2D eigenvalue weighted by Crippen LogP contribution is 2.15. The van der Waals surface area contributed by atoms with Gasteiger partial charge in [-0.3, -0.25) is 9.59 Å². The fraction of sp³-hybridized carbons (Fsp3) is 0.833. The van der Waals surface area contributed by atoms with Crippen LogP contribution < -0.4 is 4.72 Å². The van der Waals surface area contributed by atoms with Gasteiger partial charge in [-0.05, 0) is 18.3 Å². The number of hydrogen-bond donors (Lipinski definition) is 2. The number of sulfonamides is 1. The first-order valence-electron chi connectivity index (χ1n) is 6.42. The zero-order valence-electron chi connectivity index (χ0n) is 12.1. The fourth-order valence-corrected chi connectivity index (χ4v) is 2.86. The maximum atomic E-state index is 11.7. The van der Waals surface area contributed by atoms with Crippen molar-refractivity contribution >= 4 is 22.0 Å². The van der Waals surface area contributed by atoms with Gasteiger partial charge in [0.2, 0.25) is 10.0 Å². The molecule has 0 bridgehead atoms. The second-order valence-corrected chi connectivity index (χ2v) is 7.01. The molecule has 0 aromatic carbocycles. The van der Waals surface area contributed by atoms with Crippen LogP contribution in [0.5, 0.6) is 0 Å². The van der Waals surface area contributed by atoms with E-state index < -0.39 is 22.0 Å². The van der Waals surface area contributed by atoms with E-state index in [2.05, 4.69) is 9.46 Å². The van der Waals surface area contributed by atoms with Crippen molar-refractivity contribution < 1.29 is 27.9 Å². The van der Waals surface area contributed by atoms with Crippen LogP contribution in [0.4, 0.5) is 0 Å². The summed E-state index contributed by atoms with van der Waals surface area (Å²) < 4.78 is 30.0. The van der Waals surface area contributed by atoms with Gasteiger partial charge in [0.05, 0.1) is 19.3 Å². The van der Waals surface area contributed by atoms with Gasteiger partial charge in [-0.15, -0.1) is 0 Å². The summed E-state index contributed by atoms with van der Waals surface area (Å²) in [6, 6.07) is 0. The molecule has 0 aromatic heterocycles. The summed E-state index contributed by atoms with van der Waals surface area (Å²) in [5.41, 5.74) is 0. The first-order valence-corrected chi connectivity index (χ1v) is 8.07. The van der Waals surface area contributed by atoms with E-state index >= 15 is 0 Å². The molecule has 0 heterocycles. The Labute approximate surface area is 119 Å². The minimum absolute atomic E-state index is 0.0635. The lowest BCUT2D eigenvalue weighted by Crippen LogP contribution is -2.33. The van der Waals surface area contributed by atoms with Gasteiger partial charge in [-0.1, -0.05) is 13.8 Å². The summed E-state index contributed by atoms with van der Waals surface area (Å²) in [6.07, 6.45) is 0.309. The number of carbonyl (C=O) groups excluding carboxylic acids is 1. The number of nitrogens with one attached hydrogen (secondary N) is 1. The number of methoxy groups -OCH3 is 1. The molecule has 0 saturated carbocycles. The van der Waals surface area contributed by atoms with E-state index in [-0.39, 0.29) is 37.0 Å². The molecule has 0 fully saturated rings. The van der Waals surface area contributed by atoms with Gasteiger partial charge >= 0.3 is 11.9 Å². The molecule has 8 heteroatoms. The molecule has 0 radical (unpaired) electrons. The van der Waals surface area contributed by atoms with Crippen LogP contribution in [0.2, 0.25) is 0 Å². The molecule has 0 amide bonds. The van der Waals surface area contributed by atoms with Crippen LogP contribution in [0.25, 0.3) is 0 Å². The third-order valence-electron chi connectivity index (χ3n) is 2.66. The lowest BCUT2D eigenvalue weighted by atomic mass is 9.94. The van der Waals surface area contributed by atoms with E-state index in [9.17, 15) is 18.0 Å². The van der Waals surface area contributed by atoms with Gasteiger partial charge in [-0.2, -0.15) is 0 Å². The van der Waals surface area contributed by atoms with E-state index in [1.165, 1.54) is 7.11 Å². The number of esters is 1. The van der Waals surface area contributed by atoms with Crippen LogP contribution in [0.3, 0.4) is 0 Å². The highest BCUT2D eigenvalue weighted by atomic mass is 32.2. The molecule has 0 aromatic rings. The molecular weight excluding hydrogens is 286 g/mol. The molecule has 2 N–H and O–H groups in total. The van der Waals surface area contributed by atoms with Crippen LogP contribution in [-0.4, -0.2) is 44.9 Å². The van der Waals surface area contributed by atoms with Gasteiger partial charge in [0.15, 0.2) is 0 Å². The molecule has 20 heavy (non-hydrogen) atoms. The second-order valence-electron chi connectivity index (χ2n) is 5.09. The largest absolute Gasteiger partial charge is 0.481 e. The minimum atomic E-state index is -3.60. The molecule has 0 saturated heterocycles. The Hall–Kier alpha value is -1.15. The van der Waals surface area contributed by atoms with Crippen molar-refractivity contribution in [1.82, 2.24) is 4.72 Å². The van der Waals surface area contributed by atoms with E-state index in [0.29, 0.717) is 6.42 Å². The Morgan fingerprint density at radius 2 is 1.90 bits per heavy atom. The zero-order valence-corrected chi connectivity index (χ0v) is 12.9. The molecule has 0 spiro atoms. The van der Waals surface area contributed by atoms with Crippen molar-refractivity contribution in [3.05, 3.63) is 0 Å². The number of ether oxygens (including phenoxy) is 1. The molecule has 0 aliphatic rings. The SMILES string of the molecule is COC(=O)CCS(=O)(=O)NCC(CC(=O)O)CC(C)C. The molecule has 1 atom stereocenters. The van der Waals surface area contributed by atoms with Gasteiger partial charge in [-0.25, -0.2) is 13.1 Å². The molecule has 0 aliphatic carbocycles. The molecule has 118 valence electrons. The summed E-state index contributed by atoms with van der Waals surface area (Å²) in [5, 5.41) is 8.80. The van der Waals surface area contributed by atoms with Crippen molar-refractivity contribution in [2.75, 3.05) is 19.4 Å². The van der Waals surface area contributed by atoms with Gasteiger partial charge < -0.3 is 9.84 Å². The summed E-state index contributed by atoms with van der Waals surface area (Å²) in [5.74, 6) is -1.90. The second kappa shape index (κ2) is 8.91. The van der Waals surface area contributed by atoms with Crippen molar-refractivity contribution in [3.8, 4) is 0 Å². The van der Waals surface area contributed by atoms with Crippen LogP contribution >= 0.6 is 0 Å². The first kappa shape index (κ1) is 18.9. The van der Waals surface area contributed by atoms with Crippen molar-refractivity contribution in [2.45, 2.75) is 33.1 Å². The smallest absolute Gasteiger partial charge is 0.306 e. The topological polar surface area (TPSA) is 110 Å². The van der Waals surface area contributed by atoms with Gasteiger partial charge in [0.1, 0.15) is 0 Å². The van der Waals surface area contributed by atoms with Crippen LogP contribution in [0, 0.1) is 11.8 Å². The molecule has 1 unspecified atom stereocenters. The predicted octanol–water partition coefficient (Wildman–Crippen LogP) is 0.606. The number of carboxylic acid groups (broad SMARTS) is 1. The standard InChI is InChI=1S/C12H23NO6S/c1-9(2)6-10(7-11(14)15)8-13-20(17,18)5-4-12(16)19-3/h9-10,13H,4-8H2,1-3H3,(H,14,15). The summed E-state index contributed by atoms with van der Waals surface area (Å²) >= 11 is 0. The Morgan fingerprint density at radius 3 is 2.35 bits per heavy atom. The molecule has 0 aliphatic heterocycles. The van der Waals surface area contributed by atoms with E-state index in [1.807, 2.05) is 13.8 Å². The number of aliphatic carboxylic acids is 1. The Morgan fingerprint density at radius 1 is 1.30 bits per heavy atom. The Kier molecular flexibility index (Phi) is 8.40. The lowest BCUT2D eigenvalue weighted by molar-refractivity contribution is -0.140. The number of carboxylic acids is 1. The summed E-state index contributed by atoms with van der Waals surface area (Å²) in [7, 11) is -2.41. The fourth-order valence-electron chi connectivity index (χ4n) is 1.79. The van der Waals surface area contributed by atoms with Gasteiger partial charge in [0.25, 0.3) is 0 Å². The monoisotopic (exact) mass is 309 g/mol. The molecule has 0 rings (SSSR count). The van der Waals surface area contributed by atoms with Crippen molar-refractivity contribution in [1.29, 1.82) is 0 Å². The highest BCUT2D eigenvalue weighted by molar-refractivity contribution is 7.89.